The van der Waals surface area contributed by atoms with Crippen molar-refractivity contribution < 1.29 is 60.4 Å². The molecule has 2 fully saturated rings. The number of carbonyl (C=O) groups is 3. The largest absolute Gasteiger partial charge is 0.490 e. The lowest BCUT2D eigenvalue weighted by atomic mass is 9.77. The lowest BCUT2D eigenvalue weighted by Crippen LogP contribution is -2.53. The van der Waals surface area contributed by atoms with Gasteiger partial charge in [0.15, 0.2) is 0 Å². The second-order valence-electron chi connectivity index (χ2n) is 8.62. The van der Waals surface area contributed by atoms with Crippen molar-refractivity contribution in [3.63, 3.8) is 0 Å². The number of rotatable bonds is 5. The van der Waals surface area contributed by atoms with Crippen molar-refractivity contribution >= 4 is 17.8 Å². The quantitative estimate of drug-likeness (QED) is 0.508. The molecule has 4 heterocycles. The first-order valence-electron chi connectivity index (χ1n) is 11.6. The van der Waals surface area contributed by atoms with Crippen molar-refractivity contribution in [3.05, 3.63) is 60.2 Å². The van der Waals surface area contributed by atoms with Crippen molar-refractivity contribution in [2.24, 2.45) is 5.41 Å². The summed E-state index contributed by atoms with van der Waals surface area (Å²) in [6, 6.07) is 11.2. The number of aromatic nitrogens is 2. The first kappa shape index (κ1) is 32.4. The van der Waals surface area contributed by atoms with E-state index in [1.54, 1.807) is 18.5 Å². The third kappa shape index (κ3) is 9.75. The van der Waals surface area contributed by atoms with E-state index in [1.807, 2.05) is 35.2 Å². The maximum atomic E-state index is 12.8. The van der Waals surface area contributed by atoms with E-state index in [1.165, 1.54) is 0 Å². The molecule has 2 aliphatic heterocycles. The Morgan fingerprint density at radius 2 is 1.55 bits per heavy atom. The summed E-state index contributed by atoms with van der Waals surface area (Å²) in [6.07, 6.45) is -4.84. The van der Waals surface area contributed by atoms with Gasteiger partial charge in [0, 0.05) is 37.5 Å². The monoisotopic (exact) mass is 581 g/mol. The van der Waals surface area contributed by atoms with Crippen molar-refractivity contribution in [2.45, 2.75) is 37.9 Å². The Hall–Kier alpha value is -3.79. The lowest BCUT2D eigenvalue weighted by molar-refractivity contribution is -0.193. The maximum Gasteiger partial charge on any atom is 0.490 e. The average molecular weight is 581 g/mol. The normalized spacial score (nSPS) is 20.2. The van der Waals surface area contributed by atoms with E-state index in [0.717, 1.165) is 25.1 Å². The van der Waals surface area contributed by atoms with E-state index in [0.29, 0.717) is 32.0 Å². The van der Waals surface area contributed by atoms with Crippen LogP contribution in [0, 0.1) is 5.41 Å². The smallest absolute Gasteiger partial charge is 0.475 e. The van der Waals surface area contributed by atoms with Gasteiger partial charge in [0.1, 0.15) is 5.69 Å². The summed E-state index contributed by atoms with van der Waals surface area (Å²) in [5.41, 5.74) is 1.27. The number of aliphatic carboxylic acids is 2. The Balaban J connectivity index is 0.000000333. The fraction of sp³-hybridized carbons (Fsp3) is 0.458. The Labute approximate surface area is 223 Å². The van der Waals surface area contributed by atoms with E-state index in [-0.39, 0.29) is 17.4 Å². The van der Waals surface area contributed by atoms with Gasteiger partial charge in [0.25, 0.3) is 5.91 Å². The first-order chi connectivity index (χ1) is 18.7. The van der Waals surface area contributed by atoms with Crippen LogP contribution in [0.2, 0.25) is 0 Å². The number of hydrogen-bond donors (Lipinski definition) is 2. The van der Waals surface area contributed by atoms with Gasteiger partial charge in [0.05, 0.1) is 25.0 Å². The molecule has 2 aromatic heterocycles. The Morgan fingerprint density at radius 1 is 0.975 bits per heavy atom. The van der Waals surface area contributed by atoms with Gasteiger partial charge in [0.2, 0.25) is 0 Å². The summed E-state index contributed by atoms with van der Waals surface area (Å²) >= 11 is 0. The predicted molar refractivity (Wildman–Crippen MR) is 123 cm³/mol. The topological polar surface area (TPSA) is 139 Å². The molecule has 220 valence electrons. The van der Waals surface area contributed by atoms with Crippen LogP contribution in [-0.2, 0) is 25.7 Å². The van der Waals surface area contributed by atoms with Crippen molar-refractivity contribution in [2.75, 3.05) is 26.3 Å². The van der Waals surface area contributed by atoms with Crippen LogP contribution in [0.3, 0.4) is 0 Å². The number of halogens is 6. The molecular weight excluding hydrogens is 556 g/mol. The van der Waals surface area contributed by atoms with Gasteiger partial charge >= 0.3 is 24.3 Å². The minimum atomic E-state index is -5.08. The van der Waals surface area contributed by atoms with Gasteiger partial charge in [-0.1, -0.05) is 12.1 Å². The van der Waals surface area contributed by atoms with Gasteiger partial charge in [-0.3, -0.25) is 14.8 Å². The highest BCUT2D eigenvalue weighted by atomic mass is 19.4. The fourth-order valence-corrected chi connectivity index (χ4v) is 3.92. The van der Waals surface area contributed by atoms with Crippen molar-refractivity contribution in [1.29, 1.82) is 0 Å². The zero-order valence-electron chi connectivity index (χ0n) is 20.7. The van der Waals surface area contributed by atoms with Crippen molar-refractivity contribution in [3.8, 4) is 0 Å². The zero-order chi connectivity index (χ0) is 30.0. The predicted octanol–water partition coefficient (Wildman–Crippen LogP) is 3.58. The van der Waals surface area contributed by atoms with Gasteiger partial charge in [-0.15, -0.1) is 0 Å². The second-order valence-corrected chi connectivity index (χ2v) is 8.62. The molecule has 0 radical (unpaired) electrons. The number of pyridine rings is 2. The highest BCUT2D eigenvalue weighted by Crippen LogP contribution is 2.41. The summed E-state index contributed by atoms with van der Waals surface area (Å²) in [5, 5.41) is 14.2. The number of amides is 1. The maximum absolute atomic E-state index is 12.8. The van der Waals surface area contributed by atoms with Crippen LogP contribution in [0.5, 0.6) is 0 Å². The summed E-state index contributed by atoms with van der Waals surface area (Å²) < 4.78 is 75.4. The Morgan fingerprint density at radius 3 is 2.05 bits per heavy atom. The lowest BCUT2D eigenvalue weighted by Gasteiger charge is -2.43. The molecular formula is C24H25F6N3O7. The molecule has 2 aromatic rings. The summed E-state index contributed by atoms with van der Waals surface area (Å²) in [4.78, 5) is 41.0. The van der Waals surface area contributed by atoms with E-state index in [2.05, 4.69) is 9.97 Å². The number of carbonyl (C=O) groups excluding carboxylic acids is 1. The molecule has 0 spiro atoms. The van der Waals surface area contributed by atoms with Crippen LogP contribution in [0.4, 0.5) is 26.3 Å². The standard InChI is InChI=1S/C20H23N3O3.2C2HF3O2/c24-19(17-6-2-4-10-22-17)23-11-7-18-20(14-23,8-12-26-18)15-25-13-16-5-1-3-9-21-16;2*3-2(4,5)1(6)7/h1-6,9-10,18H,7-8,11-15H2;2*(H,6,7)/t18-,20+;;/m1../s1. The fourth-order valence-electron chi connectivity index (χ4n) is 3.92. The number of hydrogen-bond acceptors (Lipinski definition) is 7. The molecule has 1 amide bonds. The zero-order valence-corrected chi connectivity index (χ0v) is 20.7. The van der Waals surface area contributed by atoms with E-state index in [9.17, 15) is 31.1 Å². The van der Waals surface area contributed by atoms with Crippen LogP contribution in [-0.4, -0.2) is 87.7 Å². The van der Waals surface area contributed by atoms with E-state index in [4.69, 9.17) is 29.3 Å². The third-order valence-corrected chi connectivity index (χ3v) is 5.79. The second kappa shape index (κ2) is 14.0. The Kier molecular flexibility index (Phi) is 11.4. The molecule has 0 bridgehead atoms. The minimum absolute atomic E-state index is 0.0138. The number of carboxylic acids is 2. The molecule has 4 rings (SSSR count). The first-order valence-corrected chi connectivity index (χ1v) is 11.6. The van der Waals surface area contributed by atoms with E-state index < -0.39 is 24.3 Å². The molecule has 16 heteroatoms. The number of fused-ring (bicyclic) bond motifs is 1. The van der Waals surface area contributed by atoms with Gasteiger partial charge < -0.3 is 24.6 Å². The number of carboxylic acid groups (broad SMARTS) is 2. The summed E-state index contributed by atoms with van der Waals surface area (Å²) in [6.45, 7) is 3.12. The minimum Gasteiger partial charge on any atom is -0.475 e. The van der Waals surface area contributed by atoms with Crippen LogP contribution >= 0.6 is 0 Å². The number of likely N-dealkylation sites (tertiary alicyclic amines) is 1. The highest BCUT2D eigenvalue weighted by Gasteiger charge is 2.49. The molecule has 0 aromatic carbocycles. The van der Waals surface area contributed by atoms with Crippen molar-refractivity contribution in [1.82, 2.24) is 14.9 Å². The summed E-state index contributed by atoms with van der Waals surface area (Å²) in [7, 11) is 0. The average Bonchev–Trinajstić information content (AvgIpc) is 3.32. The molecule has 2 N–H and O–H groups in total. The van der Waals surface area contributed by atoms with Crippen LogP contribution in [0.1, 0.15) is 29.0 Å². The number of ether oxygens (including phenoxy) is 2. The van der Waals surface area contributed by atoms with Gasteiger partial charge in [-0.25, -0.2) is 9.59 Å². The number of piperidine rings is 1. The molecule has 2 atom stereocenters. The van der Waals surface area contributed by atoms with Gasteiger partial charge in [-0.05, 0) is 37.1 Å². The SMILES string of the molecule is O=C(O)C(F)(F)F.O=C(O)C(F)(F)F.O=C(c1ccccn1)N1CC[C@H]2OCC[C@@]2(COCc2ccccn2)C1. The molecule has 0 saturated carbocycles. The van der Waals surface area contributed by atoms with Gasteiger partial charge in [-0.2, -0.15) is 26.3 Å². The molecule has 2 aliphatic rings. The molecule has 2 saturated heterocycles. The van der Waals surface area contributed by atoms with E-state index >= 15 is 0 Å². The molecule has 10 nitrogen and oxygen atoms in total. The van der Waals surface area contributed by atoms with Crippen LogP contribution in [0.15, 0.2) is 48.8 Å². The van der Waals surface area contributed by atoms with Crippen LogP contribution < -0.4 is 0 Å². The number of nitrogens with zero attached hydrogens (tertiary/aromatic N) is 3. The third-order valence-electron chi connectivity index (χ3n) is 5.79. The molecule has 40 heavy (non-hydrogen) atoms. The number of alkyl halides is 6. The molecule has 0 aliphatic carbocycles. The van der Waals surface area contributed by atoms with Crippen LogP contribution in [0.25, 0.3) is 0 Å². The molecule has 0 unspecified atom stereocenters. The summed E-state index contributed by atoms with van der Waals surface area (Å²) in [5.74, 6) is -5.53. The Bertz CT molecular complexity index is 1100. The highest BCUT2D eigenvalue weighted by molar-refractivity contribution is 5.92.